The van der Waals surface area contributed by atoms with Crippen LogP contribution in [0.4, 0.5) is 5.69 Å². The van der Waals surface area contributed by atoms with Crippen molar-refractivity contribution in [1.82, 2.24) is 24.3 Å². The molecule has 4 heterocycles. The molecule has 1 aromatic carbocycles. The van der Waals surface area contributed by atoms with E-state index in [-0.39, 0.29) is 0 Å². The van der Waals surface area contributed by atoms with Crippen molar-refractivity contribution in [2.75, 3.05) is 44.9 Å². The summed E-state index contributed by atoms with van der Waals surface area (Å²) in [5.74, 6) is 0.784. The Morgan fingerprint density at radius 3 is 2.81 bits per heavy atom. The Labute approximate surface area is 187 Å². The van der Waals surface area contributed by atoms with E-state index in [1.54, 1.807) is 7.11 Å². The van der Waals surface area contributed by atoms with Gasteiger partial charge in [-0.2, -0.15) is 5.10 Å². The van der Waals surface area contributed by atoms with Gasteiger partial charge in [0.2, 0.25) is 0 Å². The first-order valence-corrected chi connectivity index (χ1v) is 11.0. The Bertz CT molecular complexity index is 1210. The standard InChI is InChI=1S/C24H28N6O2/c1-18-5-3-6-19(15-18)20-7-9-30(27-20)22-16-21(28-10-13-32-14-11-28)23-24(26-22)29(17-25-23)8-4-12-31-2/h3,5-7,9,15-17H,4,8,10-14H2,1-2H3. The van der Waals surface area contributed by atoms with Gasteiger partial charge in [-0.15, -0.1) is 0 Å². The number of aryl methyl sites for hydroxylation is 2. The molecule has 1 aliphatic heterocycles. The molecule has 32 heavy (non-hydrogen) atoms. The first-order valence-electron chi connectivity index (χ1n) is 11.0. The number of ether oxygens (including phenoxy) is 2. The SMILES string of the molecule is COCCCn1cnc2c(N3CCOCC3)cc(-n3ccc(-c4cccc(C)c4)n3)nc21. The zero-order valence-corrected chi connectivity index (χ0v) is 18.6. The third-order valence-electron chi connectivity index (χ3n) is 5.78. The van der Waals surface area contributed by atoms with Crippen LogP contribution in [0.3, 0.4) is 0 Å². The van der Waals surface area contributed by atoms with E-state index in [2.05, 4.69) is 46.7 Å². The van der Waals surface area contributed by atoms with Gasteiger partial charge in [0, 0.05) is 51.2 Å². The van der Waals surface area contributed by atoms with Crippen LogP contribution in [0.25, 0.3) is 28.2 Å². The average Bonchev–Trinajstić information content (AvgIpc) is 3.47. The van der Waals surface area contributed by atoms with Crippen LogP contribution in [0.2, 0.25) is 0 Å². The summed E-state index contributed by atoms with van der Waals surface area (Å²) in [7, 11) is 1.72. The minimum absolute atomic E-state index is 0.703. The van der Waals surface area contributed by atoms with Gasteiger partial charge >= 0.3 is 0 Å². The number of fused-ring (bicyclic) bond motifs is 1. The molecule has 0 N–H and O–H groups in total. The number of pyridine rings is 1. The molecule has 5 rings (SSSR count). The molecule has 1 aliphatic rings. The largest absolute Gasteiger partial charge is 0.385 e. The normalized spacial score (nSPS) is 14.4. The van der Waals surface area contributed by atoms with E-state index in [0.717, 1.165) is 60.0 Å². The lowest BCUT2D eigenvalue weighted by molar-refractivity contribution is 0.123. The number of anilines is 1. The van der Waals surface area contributed by atoms with E-state index in [9.17, 15) is 0 Å². The zero-order valence-electron chi connectivity index (χ0n) is 18.6. The maximum absolute atomic E-state index is 5.57. The second kappa shape index (κ2) is 9.10. The van der Waals surface area contributed by atoms with Crippen molar-refractivity contribution in [3.63, 3.8) is 0 Å². The Morgan fingerprint density at radius 1 is 1.12 bits per heavy atom. The second-order valence-electron chi connectivity index (χ2n) is 8.07. The van der Waals surface area contributed by atoms with Crippen LogP contribution >= 0.6 is 0 Å². The van der Waals surface area contributed by atoms with E-state index in [4.69, 9.17) is 24.5 Å². The number of benzene rings is 1. The van der Waals surface area contributed by atoms with Gasteiger partial charge in [0.25, 0.3) is 0 Å². The first kappa shape index (κ1) is 20.7. The maximum atomic E-state index is 5.57. The number of morpholine rings is 1. The summed E-state index contributed by atoms with van der Waals surface area (Å²) in [5, 5.41) is 4.84. The van der Waals surface area contributed by atoms with E-state index in [1.807, 2.05) is 23.3 Å². The molecule has 0 bridgehead atoms. The summed E-state index contributed by atoms with van der Waals surface area (Å²) in [6.07, 6.45) is 4.75. The average molecular weight is 433 g/mol. The summed E-state index contributed by atoms with van der Waals surface area (Å²) >= 11 is 0. The van der Waals surface area contributed by atoms with Crippen molar-refractivity contribution in [1.29, 1.82) is 0 Å². The predicted molar refractivity (Wildman–Crippen MR) is 124 cm³/mol. The fraction of sp³-hybridized carbons (Fsp3) is 0.375. The number of hydrogen-bond acceptors (Lipinski definition) is 6. The van der Waals surface area contributed by atoms with Gasteiger partial charge in [0.15, 0.2) is 11.5 Å². The lowest BCUT2D eigenvalue weighted by atomic mass is 10.1. The first-order chi connectivity index (χ1) is 15.7. The van der Waals surface area contributed by atoms with E-state index in [0.29, 0.717) is 19.8 Å². The molecule has 8 nitrogen and oxygen atoms in total. The molecule has 0 radical (unpaired) electrons. The fourth-order valence-corrected chi connectivity index (χ4v) is 4.12. The second-order valence-corrected chi connectivity index (χ2v) is 8.07. The van der Waals surface area contributed by atoms with Crippen LogP contribution in [0.5, 0.6) is 0 Å². The van der Waals surface area contributed by atoms with Crippen LogP contribution in [0, 0.1) is 6.92 Å². The van der Waals surface area contributed by atoms with Gasteiger partial charge in [-0.1, -0.05) is 23.8 Å². The summed E-state index contributed by atoms with van der Waals surface area (Å²) in [6, 6.07) is 12.5. The van der Waals surface area contributed by atoms with Gasteiger partial charge in [0.05, 0.1) is 30.9 Å². The molecule has 0 spiro atoms. The molecule has 166 valence electrons. The molecular weight excluding hydrogens is 404 g/mol. The summed E-state index contributed by atoms with van der Waals surface area (Å²) < 4.78 is 14.8. The fourth-order valence-electron chi connectivity index (χ4n) is 4.12. The number of aromatic nitrogens is 5. The van der Waals surface area contributed by atoms with Crippen LogP contribution < -0.4 is 4.90 Å². The van der Waals surface area contributed by atoms with Gasteiger partial charge in [-0.05, 0) is 25.5 Å². The molecule has 0 saturated carbocycles. The number of imidazole rings is 1. The number of rotatable bonds is 7. The highest BCUT2D eigenvalue weighted by atomic mass is 16.5. The Kier molecular flexibility index (Phi) is 5.87. The molecule has 0 amide bonds. The number of nitrogens with zero attached hydrogens (tertiary/aromatic N) is 6. The monoisotopic (exact) mass is 432 g/mol. The molecule has 3 aromatic heterocycles. The molecule has 0 aliphatic carbocycles. The van der Waals surface area contributed by atoms with Crippen LogP contribution in [-0.2, 0) is 16.0 Å². The van der Waals surface area contributed by atoms with Gasteiger partial charge in [0.1, 0.15) is 5.52 Å². The number of hydrogen-bond donors (Lipinski definition) is 0. The Morgan fingerprint density at radius 2 is 2.00 bits per heavy atom. The predicted octanol–water partition coefficient (Wildman–Crippen LogP) is 3.47. The van der Waals surface area contributed by atoms with Crippen LogP contribution in [0.15, 0.2) is 48.9 Å². The molecule has 4 aromatic rings. The highest BCUT2D eigenvalue weighted by Crippen LogP contribution is 2.29. The highest BCUT2D eigenvalue weighted by Gasteiger charge is 2.20. The Hall–Kier alpha value is -3.23. The van der Waals surface area contributed by atoms with E-state index < -0.39 is 0 Å². The third kappa shape index (κ3) is 4.11. The molecular formula is C24H28N6O2. The lowest BCUT2D eigenvalue weighted by Gasteiger charge is -2.29. The van der Waals surface area contributed by atoms with Crippen molar-refractivity contribution in [3.8, 4) is 17.1 Å². The van der Waals surface area contributed by atoms with Gasteiger partial charge < -0.3 is 18.9 Å². The lowest BCUT2D eigenvalue weighted by Crippen LogP contribution is -2.36. The maximum Gasteiger partial charge on any atom is 0.164 e. The summed E-state index contributed by atoms with van der Waals surface area (Å²) in [5.41, 5.74) is 6.10. The molecule has 1 saturated heterocycles. The molecule has 0 atom stereocenters. The number of methoxy groups -OCH3 is 1. The highest BCUT2D eigenvalue weighted by molar-refractivity contribution is 5.87. The topological polar surface area (TPSA) is 70.2 Å². The summed E-state index contributed by atoms with van der Waals surface area (Å²) in [6.45, 7) is 6.70. The van der Waals surface area contributed by atoms with Crippen LogP contribution in [0.1, 0.15) is 12.0 Å². The van der Waals surface area contributed by atoms with E-state index >= 15 is 0 Å². The van der Waals surface area contributed by atoms with Crippen molar-refractivity contribution < 1.29 is 9.47 Å². The Balaban J connectivity index is 1.57. The van der Waals surface area contributed by atoms with Crippen molar-refractivity contribution in [3.05, 3.63) is 54.5 Å². The molecule has 1 fully saturated rings. The molecule has 0 unspecified atom stereocenters. The summed E-state index contributed by atoms with van der Waals surface area (Å²) in [4.78, 5) is 12.0. The van der Waals surface area contributed by atoms with Crippen molar-refractivity contribution in [2.45, 2.75) is 19.9 Å². The zero-order chi connectivity index (χ0) is 21.9. The van der Waals surface area contributed by atoms with Crippen molar-refractivity contribution >= 4 is 16.9 Å². The van der Waals surface area contributed by atoms with Crippen LogP contribution in [-0.4, -0.2) is 64.3 Å². The minimum atomic E-state index is 0.703. The van der Waals surface area contributed by atoms with Crippen molar-refractivity contribution in [2.24, 2.45) is 0 Å². The molecule has 8 heteroatoms. The quantitative estimate of drug-likeness (QED) is 0.417. The van der Waals surface area contributed by atoms with E-state index in [1.165, 1.54) is 5.56 Å². The smallest absolute Gasteiger partial charge is 0.164 e. The van der Waals surface area contributed by atoms with Gasteiger partial charge in [-0.3, -0.25) is 0 Å². The minimum Gasteiger partial charge on any atom is -0.385 e. The van der Waals surface area contributed by atoms with Gasteiger partial charge in [-0.25, -0.2) is 14.6 Å². The third-order valence-corrected chi connectivity index (χ3v) is 5.78.